The zero-order valence-corrected chi connectivity index (χ0v) is 22.0. The smallest absolute Gasteiger partial charge is 0.269 e. The van der Waals surface area contributed by atoms with Crippen LogP contribution in [0.4, 0.5) is 0 Å². The zero-order valence-electron chi connectivity index (χ0n) is 21.2. The topological polar surface area (TPSA) is 82.2 Å². The van der Waals surface area contributed by atoms with Crippen LogP contribution in [-0.2, 0) is 21.8 Å². The number of hydrogen-bond acceptors (Lipinski definition) is 6. The number of benzene rings is 1. The van der Waals surface area contributed by atoms with Crippen molar-refractivity contribution in [3.8, 4) is 11.1 Å². The van der Waals surface area contributed by atoms with Crippen LogP contribution in [0.5, 0.6) is 0 Å². The third kappa shape index (κ3) is 4.71. The molecule has 0 unspecified atom stereocenters. The van der Waals surface area contributed by atoms with Crippen LogP contribution in [0.1, 0.15) is 43.6 Å². The molecule has 2 aliphatic rings. The van der Waals surface area contributed by atoms with E-state index in [9.17, 15) is 8.42 Å². The van der Waals surface area contributed by atoms with Crippen LogP contribution in [0, 0.1) is 0 Å². The summed E-state index contributed by atoms with van der Waals surface area (Å²) in [6.45, 7) is 3.86. The Bertz CT molecular complexity index is 1480. The van der Waals surface area contributed by atoms with Crippen molar-refractivity contribution >= 4 is 21.1 Å². The average Bonchev–Trinajstić information content (AvgIpc) is 3.42. The maximum atomic E-state index is 13.6. The van der Waals surface area contributed by atoms with E-state index in [0.29, 0.717) is 17.6 Å². The maximum Gasteiger partial charge on any atom is 0.269 e. The van der Waals surface area contributed by atoms with Crippen molar-refractivity contribution in [1.29, 1.82) is 0 Å². The Balaban J connectivity index is 1.34. The Kier molecular flexibility index (Phi) is 6.60. The summed E-state index contributed by atoms with van der Waals surface area (Å²) in [5.74, 6) is 0.423. The molecule has 1 saturated heterocycles. The van der Waals surface area contributed by atoms with Gasteiger partial charge < -0.3 is 4.74 Å². The first-order valence-electron chi connectivity index (χ1n) is 13.1. The molecule has 0 amide bonds. The van der Waals surface area contributed by atoms with Gasteiger partial charge in [0.15, 0.2) is 5.65 Å². The molecule has 3 aromatic heterocycles. The SMILES string of the molecule is Cn1cc(-c2cn(S(=O)(=O)c3ccccc3)c3ncc(C4CCC(N5CCCOCC5)CC4)cc23)cn1. The number of aromatic nitrogens is 4. The average molecular weight is 520 g/mol. The first-order valence-corrected chi connectivity index (χ1v) is 14.6. The number of fused-ring (bicyclic) bond motifs is 1. The maximum absolute atomic E-state index is 13.6. The minimum atomic E-state index is -3.80. The second-order valence-electron chi connectivity index (χ2n) is 10.2. The lowest BCUT2D eigenvalue weighted by molar-refractivity contribution is 0.118. The van der Waals surface area contributed by atoms with Gasteiger partial charge in [-0.25, -0.2) is 17.4 Å². The Morgan fingerprint density at radius 3 is 2.54 bits per heavy atom. The summed E-state index contributed by atoms with van der Waals surface area (Å²) in [5, 5.41) is 5.17. The minimum Gasteiger partial charge on any atom is -0.380 e. The standard InChI is InChI=1S/C28H33N5O3S/c1-31-19-23(18-30-31)27-20-33(37(34,35)25-6-3-2-4-7-25)28-26(27)16-22(17-29-28)21-8-10-24(11-9-21)32-12-5-14-36-15-13-32/h2-4,6-7,16-21,24H,5,8-15H2,1H3. The van der Waals surface area contributed by atoms with Gasteiger partial charge in [0.05, 0.1) is 17.7 Å². The van der Waals surface area contributed by atoms with Crippen LogP contribution in [0.2, 0.25) is 0 Å². The molecule has 4 aromatic rings. The molecule has 0 atom stereocenters. The molecule has 0 bridgehead atoms. The van der Waals surface area contributed by atoms with Gasteiger partial charge in [0.2, 0.25) is 0 Å². The van der Waals surface area contributed by atoms with Gasteiger partial charge in [0.1, 0.15) is 0 Å². The van der Waals surface area contributed by atoms with Crippen molar-refractivity contribution in [3.63, 3.8) is 0 Å². The Morgan fingerprint density at radius 1 is 0.973 bits per heavy atom. The summed E-state index contributed by atoms with van der Waals surface area (Å²) in [6, 6.07) is 11.3. The van der Waals surface area contributed by atoms with Crippen LogP contribution in [-0.4, -0.2) is 64.4 Å². The van der Waals surface area contributed by atoms with E-state index in [1.54, 1.807) is 41.3 Å². The molecule has 0 N–H and O–H groups in total. The molecule has 37 heavy (non-hydrogen) atoms. The number of aryl methyl sites for hydroxylation is 1. The van der Waals surface area contributed by atoms with Gasteiger partial charge in [-0.2, -0.15) is 5.10 Å². The number of pyridine rings is 1. The predicted octanol–water partition coefficient (Wildman–Crippen LogP) is 4.42. The number of nitrogens with zero attached hydrogens (tertiary/aromatic N) is 5. The molecule has 194 valence electrons. The van der Waals surface area contributed by atoms with Gasteiger partial charge in [-0.3, -0.25) is 9.58 Å². The highest BCUT2D eigenvalue weighted by Gasteiger charge is 2.29. The minimum absolute atomic E-state index is 0.243. The normalized spacial score (nSPS) is 21.8. The largest absolute Gasteiger partial charge is 0.380 e. The lowest BCUT2D eigenvalue weighted by atomic mass is 9.81. The molecule has 1 aromatic carbocycles. The fourth-order valence-electron chi connectivity index (χ4n) is 5.90. The fourth-order valence-corrected chi connectivity index (χ4v) is 7.25. The number of rotatable bonds is 5. The fraction of sp³-hybridized carbons (Fsp3) is 0.429. The molecule has 8 nitrogen and oxygen atoms in total. The van der Waals surface area contributed by atoms with E-state index in [-0.39, 0.29) is 4.90 Å². The van der Waals surface area contributed by atoms with Crippen LogP contribution < -0.4 is 0 Å². The number of hydrogen-bond donors (Lipinski definition) is 0. The van der Waals surface area contributed by atoms with Crippen molar-refractivity contribution < 1.29 is 13.2 Å². The summed E-state index contributed by atoms with van der Waals surface area (Å²) in [7, 11) is -1.93. The molecule has 4 heterocycles. The van der Waals surface area contributed by atoms with Crippen molar-refractivity contribution in [2.45, 2.75) is 49.0 Å². The summed E-state index contributed by atoms with van der Waals surface area (Å²) < 4.78 is 35.9. The third-order valence-corrected chi connectivity index (χ3v) is 9.55. The van der Waals surface area contributed by atoms with E-state index in [1.807, 2.05) is 25.5 Å². The predicted molar refractivity (Wildman–Crippen MR) is 143 cm³/mol. The first-order chi connectivity index (χ1) is 18.0. The third-order valence-electron chi connectivity index (χ3n) is 7.89. The molecule has 2 fully saturated rings. The highest BCUT2D eigenvalue weighted by atomic mass is 32.2. The zero-order chi connectivity index (χ0) is 25.4. The van der Waals surface area contributed by atoms with Gasteiger partial charge in [-0.05, 0) is 61.8 Å². The molecule has 0 radical (unpaired) electrons. The van der Waals surface area contributed by atoms with Gasteiger partial charge in [-0.15, -0.1) is 0 Å². The Morgan fingerprint density at radius 2 is 1.78 bits per heavy atom. The Labute approximate surface area is 217 Å². The molecular weight excluding hydrogens is 486 g/mol. The van der Waals surface area contributed by atoms with Crippen molar-refractivity contribution in [2.75, 3.05) is 26.3 Å². The summed E-state index contributed by atoms with van der Waals surface area (Å²) in [5.41, 5.74) is 3.34. The van der Waals surface area contributed by atoms with Crippen molar-refractivity contribution in [1.82, 2.24) is 23.6 Å². The van der Waals surface area contributed by atoms with Gasteiger partial charge in [0.25, 0.3) is 10.0 Å². The lowest BCUT2D eigenvalue weighted by Gasteiger charge is -2.36. The second kappa shape index (κ2) is 10.0. The van der Waals surface area contributed by atoms with E-state index in [4.69, 9.17) is 9.72 Å². The lowest BCUT2D eigenvalue weighted by Crippen LogP contribution is -2.39. The van der Waals surface area contributed by atoms with E-state index in [0.717, 1.165) is 62.1 Å². The van der Waals surface area contributed by atoms with E-state index >= 15 is 0 Å². The monoisotopic (exact) mass is 519 g/mol. The van der Waals surface area contributed by atoms with E-state index in [1.165, 1.54) is 22.4 Å². The molecule has 0 spiro atoms. The van der Waals surface area contributed by atoms with Gasteiger partial charge >= 0.3 is 0 Å². The van der Waals surface area contributed by atoms with Gasteiger partial charge in [-0.1, -0.05) is 18.2 Å². The van der Waals surface area contributed by atoms with E-state index in [2.05, 4.69) is 16.1 Å². The molecule has 6 rings (SSSR count). The molecule has 1 aliphatic heterocycles. The second-order valence-corrected chi connectivity index (χ2v) is 12.0. The summed E-state index contributed by atoms with van der Waals surface area (Å²) in [6.07, 6.45) is 12.9. The highest BCUT2D eigenvalue weighted by Crippen LogP contribution is 2.38. The van der Waals surface area contributed by atoms with E-state index < -0.39 is 10.0 Å². The van der Waals surface area contributed by atoms with Crippen molar-refractivity contribution in [3.05, 3.63) is 66.7 Å². The quantitative estimate of drug-likeness (QED) is 0.388. The van der Waals surface area contributed by atoms with Crippen molar-refractivity contribution in [2.24, 2.45) is 7.05 Å². The first kappa shape index (κ1) is 24.3. The molecule has 1 aliphatic carbocycles. The Hall–Kier alpha value is -3.01. The van der Waals surface area contributed by atoms with Crippen LogP contribution in [0.15, 0.2) is 66.1 Å². The number of ether oxygens (including phenoxy) is 1. The van der Waals surface area contributed by atoms with Crippen LogP contribution >= 0.6 is 0 Å². The molecule has 9 heteroatoms. The van der Waals surface area contributed by atoms with Crippen LogP contribution in [0.3, 0.4) is 0 Å². The molecule has 1 saturated carbocycles. The van der Waals surface area contributed by atoms with Gasteiger partial charge in [0, 0.05) is 67.9 Å². The summed E-state index contributed by atoms with van der Waals surface area (Å²) >= 11 is 0. The summed E-state index contributed by atoms with van der Waals surface area (Å²) in [4.78, 5) is 7.61. The van der Waals surface area contributed by atoms with Crippen LogP contribution in [0.25, 0.3) is 22.2 Å². The highest BCUT2D eigenvalue weighted by molar-refractivity contribution is 7.90. The molecular formula is C28H33N5O3S.